The van der Waals surface area contributed by atoms with Crippen LogP contribution in [-0.2, 0) is 14.3 Å². The van der Waals surface area contributed by atoms with Crippen LogP contribution in [0.15, 0.2) is 59.5 Å². The minimum absolute atomic E-state index is 0.0328. The average molecular weight is 436 g/mol. The zero-order chi connectivity index (χ0) is 20.8. The fourth-order valence-electron chi connectivity index (χ4n) is 2.97. The van der Waals surface area contributed by atoms with Gasteiger partial charge in [-0.1, -0.05) is 29.8 Å². The summed E-state index contributed by atoms with van der Waals surface area (Å²) in [6.07, 6.45) is -1.94. The van der Waals surface area contributed by atoms with Crippen LogP contribution in [0, 0.1) is 0 Å². The topological polar surface area (TPSA) is 84.9 Å². The molecule has 1 heterocycles. The van der Waals surface area contributed by atoms with Crippen molar-refractivity contribution in [2.24, 2.45) is 0 Å². The molecule has 2 aromatic rings. The standard InChI is InChI=1S/C21H22ClNO5S/c1-13(24)27-12-18-19(29-16-9-7-15(22)8-10-16)11-17(25)21(28-18)23-20(26)14-5-3-2-4-6-14/h2-10,17-19,21,25H,11-12H2,1H3,(H,23,26)/t17?,18-,19?,21-/m1/s1. The fraction of sp³-hybridized carbons (Fsp3) is 0.333. The third-order valence-electron chi connectivity index (χ3n) is 4.42. The van der Waals surface area contributed by atoms with Crippen LogP contribution in [0.25, 0.3) is 0 Å². The molecule has 4 atom stereocenters. The van der Waals surface area contributed by atoms with Gasteiger partial charge >= 0.3 is 5.97 Å². The minimum Gasteiger partial charge on any atom is -0.463 e. The summed E-state index contributed by atoms with van der Waals surface area (Å²) < 4.78 is 11.1. The summed E-state index contributed by atoms with van der Waals surface area (Å²) in [6.45, 7) is 1.36. The van der Waals surface area contributed by atoms with Gasteiger partial charge in [0.1, 0.15) is 12.7 Å². The summed E-state index contributed by atoms with van der Waals surface area (Å²) in [4.78, 5) is 24.7. The van der Waals surface area contributed by atoms with E-state index in [9.17, 15) is 14.7 Å². The van der Waals surface area contributed by atoms with Crippen LogP contribution in [0.1, 0.15) is 23.7 Å². The zero-order valence-electron chi connectivity index (χ0n) is 15.8. The van der Waals surface area contributed by atoms with Gasteiger partial charge in [0.2, 0.25) is 0 Å². The highest BCUT2D eigenvalue weighted by molar-refractivity contribution is 8.00. The lowest BCUT2D eigenvalue weighted by Crippen LogP contribution is -2.55. The molecule has 0 aromatic heterocycles. The summed E-state index contributed by atoms with van der Waals surface area (Å²) in [5.41, 5.74) is 0.470. The van der Waals surface area contributed by atoms with E-state index in [-0.39, 0.29) is 17.8 Å². The van der Waals surface area contributed by atoms with E-state index >= 15 is 0 Å². The number of esters is 1. The largest absolute Gasteiger partial charge is 0.463 e. The van der Waals surface area contributed by atoms with Gasteiger partial charge in [0.25, 0.3) is 5.91 Å². The van der Waals surface area contributed by atoms with Gasteiger partial charge in [-0.05, 0) is 42.8 Å². The number of benzene rings is 2. The van der Waals surface area contributed by atoms with Crippen LogP contribution in [0.3, 0.4) is 0 Å². The Morgan fingerprint density at radius 3 is 2.55 bits per heavy atom. The number of nitrogens with one attached hydrogen (secondary N) is 1. The van der Waals surface area contributed by atoms with E-state index in [1.807, 2.05) is 18.2 Å². The van der Waals surface area contributed by atoms with Crippen molar-refractivity contribution in [3.05, 3.63) is 65.2 Å². The number of aliphatic hydroxyl groups excluding tert-OH is 1. The predicted octanol–water partition coefficient (Wildman–Crippen LogP) is 3.27. The molecule has 0 bridgehead atoms. The van der Waals surface area contributed by atoms with E-state index in [1.54, 1.807) is 36.4 Å². The van der Waals surface area contributed by atoms with Crippen molar-refractivity contribution in [3.8, 4) is 0 Å². The minimum atomic E-state index is -0.902. The summed E-state index contributed by atoms with van der Waals surface area (Å²) in [5, 5.41) is 13.7. The number of amides is 1. The Morgan fingerprint density at radius 2 is 1.90 bits per heavy atom. The maximum atomic E-state index is 12.4. The van der Waals surface area contributed by atoms with E-state index in [0.29, 0.717) is 17.0 Å². The molecule has 1 aliphatic heterocycles. The van der Waals surface area contributed by atoms with E-state index in [0.717, 1.165) is 4.90 Å². The molecule has 0 radical (unpaired) electrons. The molecule has 1 amide bonds. The number of hydrogen-bond donors (Lipinski definition) is 2. The predicted molar refractivity (Wildman–Crippen MR) is 111 cm³/mol. The van der Waals surface area contributed by atoms with Crippen LogP contribution in [0.2, 0.25) is 5.02 Å². The number of ether oxygens (including phenoxy) is 2. The van der Waals surface area contributed by atoms with E-state index in [1.165, 1.54) is 18.7 Å². The van der Waals surface area contributed by atoms with Gasteiger partial charge in [0.15, 0.2) is 6.23 Å². The van der Waals surface area contributed by atoms with Gasteiger partial charge in [-0.3, -0.25) is 9.59 Å². The van der Waals surface area contributed by atoms with Crippen molar-refractivity contribution >= 4 is 35.2 Å². The quantitative estimate of drug-likeness (QED) is 0.677. The zero-order valence-corrected chi connectivity index (χ0v) is 17.4. The first-order valence-corrected chi connectivity index (χ1v) is 10.4. The fourth-order valence-corrected chi connectivity index (χ4v) is 4.33. The number of halogens is 1. The molecule has 2 N–H and O–H groups in total. The third-order valence-corrected chi connectivity index (χ3v) is 6.02. The smallest absolute Gasteiger partial charge is 0.302 e. The van der Waals surface area contributed by atoms with E-state index in [4.69, 9.17) is 21.1 Å². The normalized spacial score (nSPS) is 24.0. The summed E-state index contributed by atoms with van der Waals surface area (Å²) >= 11 is 7.44. The number of rotatable bonds is 6. The monoisotopic (exact) mass is 435 g/mol. The van der Waals surface area contributed by atoms with Crippen LogP contribution < -0.4 is 5.32 Å². The van der Waals surface area contributed by atoms with Crippen LogP contribution >= 0.6 is 23.4 Å². The number of hydrogen-bond acceptors (Lipinski definition) is 6. The van der Waals surface area contributed by atoms with Gasteiger partial charge in [-0.25, -0.2) is 0 Å². The first-order chi connectivity index (χ1) is 13.9. The Hall–Kier alpha value is -2.06. The lowest BCUT2D eigenvalue weighted by molar-refractivity contribution is -0.160. The highest BCUT2D eigenvalue weighted by atomic mass is 35.5. The van der Waals surface area contributed by atoms with Gasteiger partial charge in [0.05, 0.1) is 6.10 Å². The number of carbonyl (C=O) groups is 2. The molecule has 0 spiro atoms. The lowest BCUT2D eigenvalue weighted by atomic mass is 10.0. The molecule has 2 aromatic carbocycles. The van der Waals surface area contributed by atoms with Crippen molar-refractivity contribution in [2.45, 2.75) is 41.9 Å². The maximum Gasteiger partial charge on any atom is 0.302 e. The highest BCUT2D eigenvalue weighted by Crippen LogP contribution is 2.34. The summed E-state index contributed by atoms with van der Waals surface area (Å²) in [6, 6.07) is 16.0. The lowest BCUT2D eigenvalue weighted by Gasteiger charge is -2.39. The van der Waals surface area contributed by atoms with Crippen molar-refractivity contribution in [1.29, 1.82) is 0 Å². The molecule has 8 heteroatoms. The second-order valence-corrected chi connectivity index (χ2v) is 8.40. The summed E-state index contributed by atoms with van der Waals surface area (Å²) in [7, 11) is 0. The molecule has 0 aliphatic carbocycles. The first kappa shape index (κ1) is 21.6. The Balaban J connectivity index is 1.70. The molecule has 6 nitrogen and oxygen atoms in total. The molecule has 1 fully saturated rings. The number of carbonyl (C=O) groups excluding carboxylic acids is 2. The van der Waals surface area contributed by atoms with Crippen LogP contribution in [-0.4, -0.2) is 47.3 Å². The van der Waals surface area contributed by atoms with E-state index in [2.05, 4.69) is 5.32 Å². The van der Waals surface area contributed by atoms with Crippen molar-refractivity contribution < 1.29 is 24.2 Å². The van der Waals surface area contributed by atoms with Crippen molar-refractivity contribution in [2.75, 3.05) is 6.61 Å². The highest BCUT2D eigenvalue weighted by Gasteiger charge is 2.39. The second-order valence-electron chi connectivity index (χ2n) is 6.65. The van der Waals surface area contributed by atoms with E-state index < -0.39 is 24.4 Å². The van der Waals surface area contributed by atoms with Crippen LogP contribution in [0.4, 0.5) is 0 Å². The molecule has 29 heavy (non-hydrogen) atoms. The molecule has 0 saturated carbocycles. The molecule has 3 rings (SSSR count). The second kappa shape index (κ2) is 10.1. The van der Waals surface area contributed by atoms with Crippen LogP contribution in [0.5, 0.6) is 0 Å². The molecule has 154 valence electrons. The molecular formula is C21H22ClNO5S. The molecule has 1 aliphatic rings. The molecular weight excluding hydrogens is 414 g/mol. The number of aliphatic hydroxyl groups is 1. The maximum absolute atomic E-state index is 12.4. The first-order valence-electron chi connectivity index (χ1n) is 9.17. The van der Waals surface area contributed by atoms with Crippen molar-refractivity contribution in [3.63, 3.8) is 0 Å². The SMILES string of the molecule is CC(=O)OC[C@H]1O[C@@H](NC(=O)c2ccccc2)C(O)CC1Sc1ccc(Cl)cc1. The molecule has 1 saturated heterocycles. The van der Waals surface area contributed by atoms with Gasteiger partial charge < -0.3 is 19.9 Å². The molecule has 2 unspecified atom stereocenters. The average Bonchev–Trinajstić information content (AvgIpc) is 2.71. The Morgan fingerprint density at radius 1 is 1.21 bits per heavy atom. The summed E-state index contributed by atoms with van der Waals surface area (Å²) in [5.74, 6) is -0.760. The van der Waals surface area contributed by atoms with Gasteiger partial charge in [-0.15, -0.1) is 11.8 Å². The Labute approximate surface area is 178 Å². The Kier molecular flexibility index (Phi) is 7.55. The van der Waals surface area contributed by atoms with Gasteiger partial charge in [-0.2, -0.15) is 0 Å². The van der Waals surface area contributed by atoms with Gasteiger partial charge in [0, 0.05) is 27.7 Å². The third kappa shape index (κ3) is 6.21. The van der Waals surface area contributed by atoms with Crippen molar-refractivity contribution in [1.82, 2.24) is 5.32 Å². The number of thioether (sulfide) groups is 1. The Bertz CT molecular complexity index is 833.